The Kier molecular flexibility index (Phi) is 4.63. The number of nitrogens with zero attached hydrogens (tertiary/aromatic N) is 3. The zero-order valence-corrected chi connectivity index (χ0v) is 13.0. The monoisotopic (exact) mass is 309 g/mol. The molecular weight excluding hydrogens is 289 g/mol. The van der Waals surface area contributed by atoms with Gasteiger partial charge in [0.2, 0.25) is 5.91 Å². The van der Waals surface area contributed by atoms with Crippen molar-refractivity contribution in [3.8, 4) is 0 Å². The molecule has 0 bridgehead atoms. The number of amides is 1. The number of nitro benzene ring substituents is 1. The number of benzene rings is 1. The molecule has 1 aromatic rings. The normalized spacial score (nSPS) is 18.5. The Labute approximate surface area is 128 Å². The van der Waals surface area contributed by atoms with Gasteiger partial charge in [-0.15, -0.1) is 0 Å². The molecule has 7 heteroatoms. The molecule has 1 heterocycles. The van der Waals surface area contributed by atoms with Crippen LogP contribution in [0.1, 0.15) is 25.8 Å². The number of hydrogen-bond acceptors (Lipinski definition) is 4. The number of hydrogen-bond donors (Lipinski definition) is 0. The van der Waals surface area contributed by atoms with Gasteiger partial charge in [0, 0.05) is 37.7 Å². The van der Waals surface area contributed by atoms with Gasteiger partial charge in [-0.25, -0.2) is 4.39 Å². The summed E-state index contributed by atoms with van der Waals surface area (Å²) in [5.41, 5.74) is 0.578. The first-order valence-corrected chi connectivity index (χ1v) is 7.34. The molecule has 1 aromatic carbocycles. The fourth-order valence-corrected chi connectivity index (χ4v) is 2.84. The van der Waals surface area contributed by atoms with Crippen LogP contribution in [0.25, 0.3) is 0 Å². The zero-order valence-electron chi connectivity index (χ0n) is 13.0. The van der Waals surface area contributed by atoms with Crippen molar-refractivity contribution in [2.75, 3.05) is 24.5 Å². The van der Waals surface area contributed by atoms with E-state index < -0.39 is 10.7 Å². The van der Waals surface area contributed by atoms with Crippen molar-refractivity contribution < 1.29 is 14.1 Å². The highest BCUT2D eigenvalue weighted by atomic mass is 19.1. The molecule has 1 saturated heterocycles. The van der Waals surface area contributed by atoms with Crippen molar-refractivity contribution in [1.29, 1.82) is 0 Å². The molecule has 1 aliphatic heterocycles. The predicted octanol–water partition coefficient (Wildman–Crippen LogP) is 2.49. The summed E-state index contributed by atoms with van der Waals surface area (Å²) < 4.78 is 14.2. The van der Waals surface area contributed by atoms with E-state index in [1.54, 1.807) is 11.8 Å². The number of nitro groups is 1. The zero-order chi connectivity index (χ0) is 16.4. The number of carbonyl (C=O) groups excluding carboxylic acids is 1. The fourth-order valence-electron chi connectivity index (χ4n) is 2.84. The largest absolute Gasteiger partial charge is 0.365 e. The maximum absolute atomic E-state index is 14.2. The maximum Gasteiger partial charge on any atom is 0.275 e. The molecule has 6 nitrogen and oxygen atoms in total. The van der Waals surface area contributed by atoms with E-state index >= 15 is 0 Å². The van der Waals surface area contributed by atoms with Crippen LogP contribution in [0.3, 0.4) is 0 Å². The summed E-state index contributed by atoms with van der Waals surface area (Å²) >= 11 is 0. The molecule has 0 aromatic heterocycles. The number of rotatable bonds is 3. The molecule has 22 heavy (non-hydrogen) atoms. The summed E-state index contributed by atoms with van der Waals surface area (Å²) in [5.74, 6) is -0.507. The van der Waals surface area contributed by atoms with Crippen LogP contribution in [0.4, 0.5) is 15.8 Å². The first-order valence-electron chi connectivity index (χ1n) is 7.34. The predicted molar refractivity (Wildman–Crippen MR) is 81.5 cm³/mol. The number of halogens is 1. The Morgan fingerprint density at radius 1 is 1.45 bits per heavy atom. The van der Waals surface area contributed by atoms with Crippen molar-refractivity contribution in [2.45, 2.75) is 33.2 Å². The highest BCUT2D eigenvalue weighted by Crippen LogP contribution is 2.29. The molecule has 2 rings (SSSR count). The summed E-state index contributed by atoms with van der Waals surface area (Å²) in [4.78, 5) is 25.7. The quantitative estimate of drug-likeness (QED) is 0.635. The van der Waals surface area contributed by atoms with E-state index in [0.717, 1.165) is 6.07 Å². The van der Waals surface area contributed by atoms with Gasteiger partial charge >= 0.3 is 0 Å². The van der Waals surface area contributed by atoms with E-state index in [1.165, 1.54) is 6.07 Å². The molecule has 120 valence electrons. The van der Waals surface area contributed by atoms with E-state index in [0.29, 0.717) is 37.3 Å². The molecule has 1 atom stereocenters. The van der Waals surface area contributed by atoms with Crippen LogP contribution in [-0.4, -0.2) is 41.4 Å². The van der Waals surface area contributed by atoms with Crippen molar-refractivity contribution in [1.82, 2.24) is 4.90 Å². The SMILES string of the molecule is CCC(=O)N1CCN(c2cc(C)c([N+](=O)[O-])cc2F)CC1C. The lowest BCUT2D eigenvalue weighted by molar-refractivity contribution is -0.385. The van der Waals surface area contributed by atoms with Gasteiger partial charge in [-0.05, 0) is 19.9 Å². The van der Waals surface area contributed by atoms with Crippen LogP contribution >= 0.6 is 0 Å². The minimum Gasteiger partial charge on any atom is -0.365 e. The molecule has 1 fully saturated rings. The van der Waals surface area contributed by atoms with Crippen LogP contribution in [0, 0.1) is 22.9 Å². The summed E-state index contributed by atoms with van der Waals surface area (Å²) in [7, 11) is 0. The third kappa shape index (κ3) is 3.03. The highest BCUT2D eigenvalue weighted by molar-refractivity contribution is 5.76. The van der Waals surface area contributed by atoms with Gasteiger partial charge in [-0.2, -0.15) is 0 Å². The summed E-state index contributed by atoms with van der Waals surface area (Å²) in [6.45, 7) is 6.91. The van der Waals surface area contributed by atoms with Gasteiger partial charge in [-0.3, -0.25) is 14.9 Å². The molecule has 0 N–H and O–H groups in total. The molecule has 1 unspecified atom stereocenters. The smallest absolute Gasteiger partial charge is 0.275 e. The Balaban J connectivity index is 2.22. The van der Waals surface area contributed by atoms with E-state index in [1.807, 2.05) is 18.7 Å². The minimum atomic E-state index is -0.597. The molecule has 1 amide bonds. The Bertz CT molecular complexity index is 606. The van der Waals surface area contributed by atoms with Gasteiger partial charge in [0.25, 0.3) is 5.69 Å². The molecule has 0 radical (unpaired) electrons. The van der Waals surface area contributed by atoms with Crippen molar-refractivity contribution >= 4 is 17.3 Å². The Morgan fingerprint density at radius 3 is 2.68 bits per heavy atom. The van der Waals surface area contributed by atoms with E-state index in [2.05, 4.69) is 0 Å². The van der Waals surface area contributed by atoms with Crippen molar-refractivity contribution in [3.05, 3.63) is 33.6 Å². The number of carbonyl (C=O) groups is 1. The second-order valence-electron chi connectivity index (χ2n) is 5.58. The van der Waals surface area contributed by atoms with E-state index in [4.69, 9.17) is 0 Å². The van der Waals surface area contributed by atoms with E-state index in [-0.39, 0.29) is 17.6 Å². The average molecular weight is 309 g/mol. The number of piperazine rings is 1. The summed E-state index contributed by atoms with van der Waals surface area (Å²) in [6, 6.07) is 2.47. The molecule has 0 spiro atoms. The lowest BCUT2D eigenvalue weighted by Crippen LogP contribution is -2.54. The van der Waals surface area contributed by atoms with Crippen LogP contribution in [-0.2, 0) is 4.79 Å². The lowest BCUT2D eigenvalue weighted by atomic mass is 10.1. The van der Waals surface area contributed by atoms with Gasteiger partial charge in [0.1, 0.15) is 0 Å². The highest BCUT2D eigenvalue weighted by Gasteiger charge is 2.28. The first kappa shape index (κ1) is 16.2. The standard InChI is InChI=1S/C15H20FN3O3/c1-4-15(20)18-6-5-17(9-11(18)3)14-7-10(2)13(19(21)22)8-12(14)16/h7-8,11H,4-6,9H2,1-3H3. The topological polar surface area (TPSA) is 66.7 Å². The van der Waals surface area contributed by atoms with Gasteiger partial charge < -0.3 is 9.80 Å². The van der Waals surface area contributed by atoms with Gasteiger partial charge in [-0.1, -0.05) is 6.92 Å². The van der Waals surface area contributed by atoms with Gasteiger partial charge in [0.05, 0.1) is 16.7 Å². The van der Waals surface area contributed by atoms with Crippen molar-refractivity contribution in [2.24, 2.45) is 0 Å². The summed E-state index contributed by atoms with van der Waals surface area (Å²) in [6.07, 6.45) is 0.454. The van der Waals surface area contributed by atoms with E-state index in [9.17, 15) is 19.3 Å². The van der Waals surface area contributed by atoms with Crippen molar-refractivity contribution in [3.63, 3.8) is 0 Å². The van der Waals surface area contributed by atoms with Gasteiger partial charge in [0.15, 0.2) is 5.82 Å². The van der Waals surface area contributed by atoms with Crippen LogP contribution < -0.4 is 4.90 Å². The van der Waals surface area contributed by atoms with Crippen LogP contribution in [0.2, 0.25) is 0 Å². The molecule has 0 aliphatic carbocycles. The molecule has 1 aliphatic rings. The molecular formula is C15H20FN3O3. The third-order valence-electron chi connectivity index (χ3n) is 4.05. The average Bonchev–Trinajstić information content (AvgIpc) is 2.48. The second-order valence-corrected chi connectivity index (χ2v) is 5.58. The maximum atomic E-state index is 14.2. The number of anilines is 1. The third-order valence-corrected chi connectivity index (χ3v) is 4.05. The lowest BCUT2D eigenvalue weighted by Gasteiger charge is -2.41. The van der Waals surface area contributed by atoms with Crippen LogP contribution in [0.5, 0.6) is 0 Å². The minimum absolute atomic E-state index is 0.0175. The Hall–Kier alpha value is -2.18. The second kappa shape index (κ2) is 6.29. The van der Waals surface area contributed by atoms with Crippen LogP contribution in [0.15, 0.2) is 12.1 Å². The fraction of sp³-hybridized carbons (Fsp3) is 0.533. The number of aryl methyl sites for hydroxylation is 1. The first-order chi connectivity index (χ1) is 10.3. The molecule has 0 saturated carbocycles. The Morgan fingerprint density at radius 2 is 2.14 bits per heavy atom. The summed E-state index contributed by atoms with van der Waals surface area (Å²) in [5, 5.41) is 10.8.